The number of alkyl carbamates (subject to hydrolysis) is 1. The molecule has 4 nitrogen and oxygen atoms in total. The highest BCUT2D eigenvalue weighted by atomic mass is 16.5. The number of ether oxygens (including phenoxy) is 1. The van der Waals surface area contributed by atoms with Crippen molar-refractivity contribution < 1.29 is 14.6 Å². The summed E-state index contributed by atoms with van der Waals surface area (Å²) in [7, 11) is 0. The van der Waals surface area contributed by atoms with Crippen LogP contribution in [0.1, 0.15) is 18.4 Å². The van der Waals surface area contributed by atoms with Gasteiger partial charge in [0.05, 0.1) is 6.10 Å². The molecule has 1 aliphatic rings. The molecule has 4 heteroatoms. The quantitative estimate of drug-likeness (QED) is 0.799. The lowest BCUT2D eigenvalue weighted by atomic mass is 9.74. The molecule has 0 radical (unpaired) electrons. The smallest absolute Gasteiger partial charge is 0.407 e. The first-order valence-corrected chi connectivity index (χ1v) is 6.47. The van der Waals surface area contributed by atoms with E-state index in [2.05, 4.69) is 11.9 Å². The van der Waals surface area contributed by atoms with Gasteiger partial charge in [0, 0.05) is 12.0 Å². The van der Waals surface area contributed by atoms with Crippen LogP contribution in [0, 0.1) is 5.92 Å². The third kappa shape index (κ3) is 3.58. The third-order valence-electron chi connectivity index (χ3n) is 3.46. The van der Waals surface area contributed by atoms with Gasteiger partial charge in [-0.25, -0.2) is 4.79 Å². The fraction of sp³-hybridized carbons (Fsp3) is 0.400. The molecule has 1 amide bonds. The summed E-state index contributed by atoms with van der Waals surface area (Å²) in [5, 5.41) is 12.4. The standard InChI is InChI=1S/C15H19NO3/c1-2-6-12-13(9-14(12)17)16-15(18)19-10-11-7-4-3-5-8-11/h2-5,7-8,12-14,17H,1,6,9-10H2,(H,16,18). The summed E-state index contributed by atoms with van der Waals surface area (Å²) in [6.07, 6.45) is 2.26. The first kappa shape index (κ1) is 13.6. The van der Waals surface area contributed by atoms with E-state index in [0.717, 1.165) is 5.56 Å². The van der Waals surface area contributed by atoms with Crippen LogP contribution in [0.2, 0.25) is 0 Å². The largest absolute Gasteiger partial charge is 0.445 e. The van der Waals surface area contributed by atoms with Crippen molar-refractivity contribution in [1.29, 1.82) is 0 Å². The number of nitrogens with one attached hydrogen (secondary N) is 1. The van der Waals surface area contributed by atoms with Crippen molar-refractivity contribution in [3.05, 3.63) is 48.6 Å². The van der Waals surface area contributed by atoms with E-state index in [1.54, 1.807) is 6.08 Å². The normalized spacial score (nSPS) is 25.2. The van der Waals surface area contributed by atoms with Crippen LogP contribution in [0.15, 0.2) is 43.0 Å². The van der Waals surface area contributed by atoms with Gasteiger partial charge in [-0.3, -0.25) is 0 Å². The fourth-order valence-corrected chi connectivity index (χ4v) is 2.28. The van der Waals surface area contributed by atoms with Crippen molar-refractivity contribution in [1.82, 2.24) is 5.32 Å². The zero-order chi connectivity index (χ0) is 13.7. The molecule has 0 aliphatic heterocycles. The highest BCUT2D eigenvalue weighted by Gasteiger charge is 2.39. The van der Waals surface area contributed by atoms with E-state index in [1.807, 2.05) is 30.3 Å². The summed E-state index contributed by atoms with van der Waals surface area (Å²) in [4.78, 5) is 11.6. The van der Waals surface area contributed by atoms with Crippen LogP contribution in [0.25, 0.3) is 0 Å². The minimum Gasteiger partial charge on any atom is -0.445 e. The van der Waals surface area contributed by atoms with Crippen LogP contribution < -0.4 is 5.32 Å². The monoisotopic (exact) mass is 261 g/mol. The van der Waals surface area contributed by atoms with Crippen molar-refractivity contribution in [2.45, 2.75) is 31.6 Å². The van der Waals surface area contributed by atoms with E-state index >= 15 is 0 Å². The molecule has 19 heavy (non-hydrogen) atoms. The molecule has 1 aromatic rings. The Hall–Kier alpha value is -1.81. The second-order valence-corrected chi connectivity index (χ2v) is 4.80. The highest BCUT2D eigenvalue weighted by Crippen LogP contribution is 2.31. The van der Waals surface area contributed by atoms with E-state index in [1.165, 1.54) is 0 Å². The van der Waals surface area contributed by atoms with Crippen LogP contribution in [0.4, 0.5) is 4.79 Å². The van der Waals surface area contributed by atoms with Gasteiger partial charge in [-0.1, -0.05) is 36.4 Å². The Bertz CT molecular complexity index is 432. The number of hydrogen-bond donors (Lipinski definition) is 2. The van der Waals surface area contributed by atoms with E-state index in [4.69, 9.17) is 4.74 Å². The van der Waals surface area contributed by atoms with E-state index in [0.29, 0.717) is 12.8 Å². The predicted octanol–water partition coefficient (Wildman–Crippen LogP) is 2.24. The van der Waals surface area contributed by atoms with Gasteiger partial charge >= 0.3 is 6.09 Å². The van der Waals surface area contributed by atoms with Gasteiger partial charge < -0.3 is 15.2 Å². The van der Waals surface area contributed by atoms with Gasteiger partial charge in [0.2, 0.25) is 0 Å². The Balaban J connectivity index is 1.74. The molecule has 2 N–H and O–H groups in total. The summed E-state index contributed by atoms with van der Waals surface area (Å²) >= 11 is 0. The first-order valence-electron chi connectivity index (χ1n) is 6.47. The zero-order valence-corrected chi connectivity index (χ0v) is 10.8. The maximum Gasteiger partial charge on any atom is 0.407 e. The van der Waals surface area contributed by atoms with Gasteiger partial charge in [0.15, 0.2) is 0 Å². The topological polar surface area (TPSA) is 58.6 Å². The average molecular weight is 261 g/mol. The number of aliphatic hydroxyl groups excluding tert-OH is 1. The van der Waals surface area contributed by atoms with E-state index in [9.17, 15) is 9.90 Å². The summed E-state index contributed by atoms with van der Waals surface area (Å²) < 4.78 is 5.14. The highest BCUT2D eigenvalue weighted by molar-refractivity contribution is 5.67. The first-order chi connectivity index (χ1) is 9.20. The number of carbonyl (C=O) groups excluding carboxylic acids is 1. The molecule has 0 aromatic heterocycles. The van der Waals surface area contributed by atoms with Gasteiger partial charge in [-0.05, 0) is 18.4 Å². The average Bonchev–Trinajstić information content (AvgIpc) is 2.43. The SMILES string of the molecule is C=CCC1C(O)CC1NC(=O)OCc1ccccc1. The summed E-state index contributed by atoms with van der Waals surface area (Å²) in [5.41, 5.74) is 0.953. The Morgan fingerprint density at radius 3 is 2.84 bits per heavy atom. The Kier molecular flexibility index (Phi) is 4.58. The molecule has 0 spiro atoms. The summed E-state index contributed by atoms with van der Waals surface area (Å²) in [5.74, 6) is 0.0572. The predicted molar refractivity (Wildman–Crippen MR) is 72.5 cm³/mol. The number of carbonyl (C=O) groups is 1. The van der Waals surface area contributed by atoms with Crippen LogP contribution in [-0.2, 0) is 11.3 Å². The molecular weight excluding hydrogens is 242 g/mol. The molecular formula is C15H19NO3. The van der Waals surface area contributed by atoms with Crippen LogP contribution >= 0.6 is 0 Å². The lowest BCUT2D eigenvalue weighted by Crippen LogP contribution is -2.55. The Morgan fingerprint density at radius 2 is 2.21 bits per heavy atom. The van der Waals surface area contributed by atoms with Gasteiger partial charge in [-0.2, -0.15) is 0 Å². The lowest BCUT2D eigenvalue weighted by Gasteiger charge is -2.41. The number of aliphatic hydroxyl groups is 1. The number of benzene rings is 1. The van der Waals surface area contributed by atoms with Crippen LogP contribution in [-0.4, -0.2) is 23.3 Å². The van der Waals surface area contributed by atoms with E-state index in [-0.39, 0.29) is 24.7 Å². The number of hydrogen-bond acceptors (Lipinski definition) is 3. The molecule has 1 saturated carbocycles. The molecule has 3 unspecified atom stereocenters. The maximum absolute atomic E-state index is 11.6. The van der Waals surface area contributed by atoms with Crippen LogP contribution in [0.3, 0.4) is 0 Å². The Labute approximate surface area is 113 Å². The van der Waals surface area contributed by atoms with Gasteiger partial charge in [0.1, 0.15) is 6.61 Å². The number of rotatable bonds is 5. The molecule has 2 rings (SSSR count). The molecule has 1 fully saturated rings. The third-order valence-corrected chi connectivity index (χ3v) is 3.46. The number of allylic oxidation sites excluding steroid dienone is 1. The lowest BCUT2D eigenvalue weighted by molar-refractivity contribution is -0.00856. The maximum atomic E-state index is 11.6. The molecule has 0 bridgehead atoms. The summed E-state index contributed by atoms with van der Waals surface area (Å²) in [6, 6.07) is 9.51. The minimum absolute atomic E-state index is 0.0173. The van der Waals surface area contributed by atoms with Crippen molar-refractivity contribution in [2.75, 3.05) is 0 Å². The molecule has 1 aromatic carbocycles. The van der Waals surface area contributed by atoms with Gasteiger partial charge in [-0.15, -0.1) is 6.58 Å². The molecule has 0 saturated heterocycles. The molecule has 1 aliphatic carbocycles. The van der Waals surface area contributed by atoms with E-state index < -0.39 is 6.09 Å². The second kappa shape index (κ2) is 6.38. The van der Waals surface area contributed by atoms with Crippen molar-refractivity contribution >= 4 is 6.09 Å². The van der Waals surface area contributed by atoms with Crippen molar-refractivity contribution in [3.8, 4) is 0 Å². The summed E-state index contributed by atoms with van der Waals surface area (Å²) in [6.45, 7) is 3.91. The van der Waals surface area contributed by atoms with Crippen molar-refractivity contribution in [2.24, 2.45) is 5.92 Å². The Morgan fingerprint density at radius 1 is 1.47 bits per heavy atom. The van der Waals surface area contributed by atoms with Gasteiger partial charge in [0.25, 0.3) is 0 Å². The second-order valence-electron chi connectivity index (χ2n) is 4.80. The molecule has 3 atom stereocenters. The zero-order valence-electron chi connectivity index (χ0n) is 10.8. The minimum atomic E-state index is -0.435. The fourth-order valence-electron chi connectivity index (χ4n) is 2.28. The molecule has 0 heterocycles. The van der Waals surface area contributed by atoms with Crippen LogP contribution in [0.5, 0.6) is 0 Å². The number of amides is 1. The van der Waals surface area contributed by atoms with Crippen molar-refractivity contribution in [3.63, 3.8) is 0 Å². The molecule has 102 valence electrons.